The standard InChI is InChI=1S/C7H9NO2S.C7H9N/c1-6-2-4-7(5-3-6)11(8,9)10;8-6-7-4-2-1-3-5-7/h2-5H,1H3,(H2,8,9,10);1-5H,6,8H2. The van der Waals surface area contributed by atoms with Gasteiger partial charge in [-0.25, -0.2) is 13.6 Å². The molecular formula is C14H18N2O2S. The van der Waals surface area contributed by atoms with Gasteiger partial charge < -0.3 is 5.73 Å². The molecule has 0 aromatic heterocycles. The number of sulfonamides is 1. The van der Waals surface area contributed by atoms with E-state index in [0.29, 0.717) is 6.54 Å². The van der Waals surface area contributed by atoms with E-state index in [1.807, 2.05) is 37.3 Å². The summed E-state index contributed by atoms with van der Waals surface area (Å²) in [6.07, 6.45) is 0. The number of rotatable bonds is 2. The fourth-order valence-electron chi connectivity index (χ4n) is 1.34. The Kier molecular flexibility index (Phi) is 5.69. The summed E-state index contributed by atoms with van der Waals surface area (Å²) in [5, 5.41) is 4.88. The van der Waals surface area contributed by atoms with E-state index in [2.05, 4.69) is 0 Å². The van der Waals surface area contributed by atoms with E-state index in [1.165, 1.54) is 17.7 Å². The van der Waals surface area contributed by atoms with Crippen LogP contribution in [0.25, 0.3) is 0 Å². The van der Waals surface area contributed by atoms with Gasteiger partial charge in [-0.05, 0) is 24.6 Å². The highest BCUT2D eigenvalue weighted by Gasteiger charge is 2.04. The number of primary sulfonamides is 1. The first-order valence-electron chi connectivity index (χ1n) is 5.77. The molecule has 0 saturated carbocycles. The average molecular weight is 278 g/mol. The molecule has 0 atom stereocenters. The van der Waals surface area contributed by atoms with Crippen LogP contribution in [0.5, 0.6) is 0 Å². The van der Waals surface area contributed by atoms with Crippen LogP contribution in [-0.2, 0) is 16.6 Å². The van der Waals surface area contributed by atoms with Crippen molar-refractivity contribution in [3.8, 4) is 0 Å². The number of aryl methyl sites for hydroxylation is 1. The van der Waals surface area contributed by atoms with Crippen LogP contribution >= 0.6 is 0 Å². The Labute approximate surface area is 114 Å². The number of nitrogens with two attached hydrogens (primary N) is 2. The van der Waals surface area contributed by atoms with E-state index < -0.39 is 10.0 Å². The molecule has 0 radical (unpaired) electrons. The SMILES string of the molecule is Cc1ccc(S(N)(=O)=O)cc1.NCc1ccccc1. The minimum absolute atomic E-state index is 0.156. The van der Waals surface area contributed by atoms with Crippen LogP contribution in [0.1, 0.15) is 11.1 Å². The van der Waals surface area contributed by atoms with Gasteiger partial charge >= 0.3 is 0 Å². The molecule has 19 heavy (non-hydrogen) atoms. The Morgan fingerprint density at radius 1 is 0.947 bits per heavy atom. The molecule has 0 aliphatic rings. The second-order valence-corrected chi connectivity index (χ2v) is 5.61. The minimum atomic E-state index is -3.52. The molecule has 102 valence electrons. The van der Waals surface area contributed by atoms with Crippen molar-refractivity contribution in [2.24, 2.45) is 10.9 Å². The van der Waals surface area contributed by atoms with Crippen LogP contribution < -0.4 is 10.9 Å². The van der Waals surface area contributed by atoms with Crippen molar-refractivity contribution in [3.63, 3.8) is 0 Å². The van der Waals surface area contributed by atoms with E-state index >= 15 is 0 Å². The first-order chi connectivity index (χ1) is 8.93. The summed E-state index contributed by atoms with van der Waals surface area (Å²) >= 11 is 0. The summed E-state index contributed by atoms with van der Waals surface area (Å²) in [5.74, 6) is 0. The zero-order valence-corrected chi connectivity index (χ0v) is 11.6. The van der Waals surface area contributed by atoms with Crippen molar-refractivity contribution in [3.05, 3.63) is 65.7 Å². The van der Waals surface area contributed by atoms with Crippen molar-refractivity contribution >= 4 is 10.0 Å². The highest BCUT2D eigenvalue weighted by Crippen LogP contribution is 2.06. The highest BCUT2D eigenvalue weighted by atomic mass is 32.2. The molecule has 4 N–H and O–H groups in total. The molecule has 0 fully saturated rings. The van der Waals surface area contributed by atoms with Crippen molar-refractivity contribution in [1.82, 2.24) is 0 Å². The summed E-state index contributed by atoms with van der Waals surface area (Å²) in [7, 11) is -3.52. The third-order valence-corrected chi connectivity index (χ3v) is 3.36. The lowest BCUT2D eigenvalue weighted by Gasteiger charge is -1.96. The van der Waals surface area contributed by atoms with Gasteiger partial charge in [0.05, 0.1) is 4.90 Å². The van der Waals surface area contributed by atoms with Crippen LogP contribution in [0.15, 0.2) is 59.5 Å². The van der Waals surface area contributed by atoms with Crippen LogP contribution in [0, 0.1) is 6.92 Å². The quantitative estimate of drug-likeness (QED) is 0.878. The fraction of sp³-hybridized carbons (Fsp3) is 0.143. The summed E-state index contributed by atoms with van der Waals surface area (Å²) in [6.45, 7) is 2.52. The van der Waals surface area contributed by atoms with Crippen LogP contribution in [0.2, 0.25) is 0 Å². The van der Waals surface area contributed by atoms with Gasteiger partial charge in [-0.15, -0.1) is 0 Å². The third-order valence-electron chi connectivity index (χ3n) is 2.43. The van der Waals surface area contributed by atoms with Crippen molar-refractivity contribution < 1.29 is 8.42 Å². The molecule has 0 heterocycles. The molecule has 0 aliphatic heterocycles. The second kappa shape index (κ2) is 7.04. The maximum absolute atomic E-state index is 10.7. The van der Waals surface area contributed by atoms with Gasteiger partial charge in [-0.1, -0.05) is 48.0 Å². The molecular weight excluding hydrogens is 260 g/mol. The largest absolute Gasteiger partial charge is 0.326 e. The van der Waals surface area contributed by atoms with E-state index in [4.69, 9.17) is 10.9 Å². The van der Waals surface area contributed by atoms with Gasteiger partial charge in [0, 0.05) is 6.54 Å². The van der Waals surface area contributed by atoms with Crippen molar-refractivity contribution in [1.29, 1.82) is 0 Å². The molecule has 4 nitrogen and oxygen atoms in total. The topological polar surface area (TPSA) is 86.2 Å². The van der Waals surface area contributed by atoms with E-state index in [0.717, 1.165) is 5.56 Å². The first-order valence-corrected chi connectivity index (χ1v) is 7.31. The van der Waals surface area contributed by atoms with E-state index in [1.54, 1.807) is 12.1 Å². The molecule has 5 heteroatoms. The molecule has 2 rings (SSSR count). The number of hydrogen-bond donors (Lipinski definition) is 2. The Morgan fingerprint density at radius 3 is 1.84 bits per heavy atom. The van der Waals surface area contributed by atoms with Crippen LogP contribution in [-0.4, -0.2) is 8.42 Å². The summed E-state index contributed by atoms with van der Waals surface area (Å²) in [4.78, 5) is 0.156. The van der Waals surface area contributed by atoms with Crippen molar-refractivity contribution in [2.75, 3.05) is 0 Å². The normalized spacial score (nSPS) is 10.5. The monoisotopic (exact) mass is 278 g/mol. The van der Waals surface area contributed by atoms with Gasteiger partial charge in [0.1, 0.15) is 0 Å². The Balaban J connectivity index is 0.000000200. The highest BCUT2D eigenvalue weighted by molar-refractivity contribution is 7.89. The lowest BCUT2D eigenvalue weighted by molar-refractivity contribution is 0.598. The molecule has 0 bridgehead atoms. The lowest BCUT2D eigenvalue weighted by Crippen LogP contribution is -2.11. The first kappa shape index (κ1) is 15.4. The molecule has 0 spiro atoms. The van der Waals surface area contributed by atoms with Gasteiger partial charge in [0.2, 0.25) is 10.0 Å². The Hall–Kier alpha value is -1.69. The zero-order chi connectivity index (χ0) is 14.3. The zero-order valence-electron chi connectivity index (χ0n) is 10.8. The third kappa shape index (κ3) is 5.65. The predicted octanol–water partition coefficient (Wildman–Crippen LogP) is 1.79. The van der Waals surface area contributed by atoms with Crippen LogP contribution in [0.4, 0.5) is 0 Å². The van der Waals surface area contributed by atoms with Crippen LogP contribution in [0.3, 0.4) is 0 Å². The van der Waals surface area contributed by atoms with Gasteiger partial charge in [0.25, 0.3) is 0 Å². The van der Waals surface area contributed by atoms with Gasteiger partial charge in [0.15, 0.2) is 0 Å². The minimum Gasteiger partial charge on any atom is -0.326 e. The molecule has 0 unspecified atom stereocenters. The Morgan fingerprint density at radius 2 is 1.47 bits per heavy atom. The van der Waals surface area contributed by atoms with Gasteiger partial charge in [-0.2, -0.15) is 0 Å². The molecule has 0 amide bonds. The number of hydrogen-bond acceptors (Lipinski definition) is 3. The van der Waals surface area contributed by atoms with E-state index in [-0.39, 0.29) is 4.90 Å². The summed E-state index contributed by atoms with van der Waals surface area (Å²) < 4.78 is 21.4. The summed E-state index contributed by atoms with van der Waals surface area (Å²) in [6, 6.07) is 16.4. The predicted molar refractivity (Wildman–Crippen MR) is 76.9 cm³/mol. The second-order valence-electron chi connectivity index (χ2n) is 4.05. The number of benzene rings is 2. The Bertz CT molecular complexity index is 593. The van der Waals surface area contributed by atoms with Crippen molar-refractivity contribution in [2.45, 2.75) is 18.4 Å². The maximum atomic E-state index is 10.7. The fourth-order valence-corrected chi connectivity index (χ4v) is 1.86. The smallest absolute Gasteiger partial charge is 0.238 e. The molecule has 2 aromatic rings. The molecule has 0 aliphatic carbocycles. The summed E-state index contributed by atoms with van der Waals surface area (Å²) in [5.41, 5.74) is 7.55. The lowest BCUT2D eigenvalue weighted by atomic mass is 10.2. The van der Waals surface area contributed by atoms with Gasteiger partial charge in [-0.3, -0.25) is 0 Å². The average Bonchev–Trinajstić information content (AvgIpc) is 2.40. The molecule has 0 saturated heterocycles. The maximum Gasteiger partial charge on any atom is 0.238 e. The van der Waals surface area contributed by atoms with E-state index in [9.17, 15) is 8.42 Å². The molecule has 2 aromatic carbocycles.